The summed E-state index contributed by atoms with van der Waals surface area (Å²) in [6.07, 6.45) is 4.34. The molecule has 2 rings (SSSR count). The van der Waals surface area contributed by atoms with E-state index >= 15 is 0 Å². The van der Waals surface area contributed by atoms with Gasteiger partial charge < -0.3 is 20.1 Å². The first-order valence-electron chi connectivity index (χ1n) is 7.65. The topological polar surface area (TPSA) is 59.6 Å². The number of carbonyl (C=O) groups is 1. The van der Waals surface area contributed by atoms with Crippen molar-refractivity contribution in [3.8, 4) is 5.75 Å². The fourth-order valence-corrected chi connectivity index (χ4v) is 2.44. The van der Waals surface area contributed by atoms with E-state index < -0.39 is 5.82 Å². The molecule has 1 aromatic rings. The maximum atomic E-state index is 14.0. The highest BCUT2D eigenvalue weighted by molar-refractivity contribution is 5.92. The summed E-state index contributed by atoms with van der Waals surface area (Å²) in [7, 11) is 1.60. The fraction of sp³-hybridized carbons (Fsp3) is 0.562. The molecule has 5 nitrogen and oxygen atoms in total. The Hall–Kier alpha value is -1.66. The summed E-state index contributed by atoms with van der Waals surface area (Å²) in [5.74, 6) is -0.417. The monoisotopic (exact) mass is 310 g/mol. The van der Waals surface area contributed by atoms with Gasteiger partial charge in [-0.15, -0.1) is 0 Å². The lowest BCUT2D eigenvalue weighted by atomic mass is 10.2. The van der Waals surface area contributed by atoms with Gasteiger partial charge in [0, 0.05) is 25.4 Å². The Morgan fingerprint density at radius 1 is 1.36 bits per heavy atom. The third-order valence-corrected chi connectivity index (χ3v) is 3.58. The lowest BCUT2D eigenvalue weighted by molar-refractivity contribution is -0.115. The largest absolute Gasteiger partial charge is 0.487 e. The van der Waals surface area contributed by atoms with Gasteiger partial charge in [-0.05, 0) is 37.8 Å². The molecule has 1 fully saturated rings. The number of benzene rings is 1. The highest BCUT2D eigenvalue weighted by Gasteiger charge is 2.18. The number of carbonyl (C=O) groups excluding carboxylic acids is 1. The predicted octanol–water partition coefficient (Wildman–Crippen LogP) is 2.32. The van der Waals surface area contributed by atoms with Crippen molar-refractivity contribution in [1.29, 1.82) is 0 Å². The quantitative estimate of drug-likeness (QED) is 0.724. The zero-order valence-electron chi connectivity index (χ0n) is 12.9. The van der Waals surface area contributed by atoms with Gasteiger partial charge in [0.05, 0.1) is 19.3 Å². The number of ether oxygens (including phenoxy) is 2. The van der Waals surface area contributed by atoms with Gasteiger partial charge in [-0.3, -0.25) is 4.79 Å². The van der Waals surface area contributed by atoms with Crippen molar-refractivity contribution in [3.05, 3.63) is 24.0 Å². The zero-order valence-corrected chi connectivity index (χ0v) is 12.9. The maximum absolute atomic E-state index is 14.0. The lowest BCUT2D eigenvalue weighted by Crippen LogP contribution is -2.30. The molecule has 0 heterocycles. The molecule has 0 saturated heterocycles. The van der Waals surface area contributed by atoms with E-state index in [1.54, 1.807) is 19.2 Å². The molecule has 0 aliphatic heterocycles. The number of nitrogens with one attached hydrogen (secondary N) is 2. The molecule has 1 amide bonds. The van der Waals surface area contributed by atoms with Crippen molar-refractivity contribution in [2.45, 2.75) is 31.8 Å². The molecule has 122 valence electrons. The van der Waals surface area contributed by atoms with Crippen LogP contribution >= 0.6 is 0 Å². The smallest absolute Gasteiger partial charge is 0.238 e. The van der Waals surface area contributed by atoms with Crippen LogP contribution in [0.15, 0.2) is 18.2 Å². The number of halogens is 1. The molecule has 22 heavy (non-hydrogen) atoms. The van der Waals surface area contributed by atoms with Gasteiger partial charge in [0.25, 0.3) is 0 Å². The molecule has 1 aromatic carbocycles. The molecule has 1 aliphatic rings. The van der Waals surface area contributed by atoms with Gasteiger partial charge in [0.15, 0.2) is 11.6 Å². The molecule has 6 heteroatoms. The van der Waals surface area contributed by atoms with Gasteiger partial charge in [-0.25, -0.2) is 4.39 Å². The van der Waals surface area contributed by atoms with E-state index in [2.05, 4.69) is 10.6 Å². The summed E-state index contributed by atoms with van der Waals surface area (Å²) in [6, 6.07) is 4.51. The molecular weight excluding hydrogens is 287 g/mol. The Morgan fingerprint density at radius 2 is 2.14 bits per heavy atom. The summed E-state index contributed by atoms with van der Waals surface area (Å²) in [5.41, 5.74) is 0.426. The van der Waals surface area contributed by atoms with Gasteiger partial charge in [-0.2, -0.15) is 0 Å². The van der Waals surface area contributed by atoms with Crippen LogP contribution in [0.5, 0.6) is 5.75 Å². The van der Waals surface area contributed by atoms with E-state index in [0.29, 0.717) is 18.8 Å². The van der Waals surface area contributed by atoms with E-state index in [-0.39, 0.29) is 24.3 Å². The minimum Gasteiger partial charge on any atom is -0.487 e. The van der Waals surface area contributed by atoms with E-state index in [1.165, 1.54) is 6.07 Å². The van der Waals surface area contributed by atoms with Crippen LogP contribution < -0.4 is 15.4 Å². The van der Waals surface area contributed by atoms with Crippen molar-refractivity contribution in [3.63, 3.8) is 0 Å². The van der Waals surface area contributed by atoms with Crippen LogP contribution in [0.1, 0.15) is 25.7 Å². The normalized spacial score (nSPS) is 15.0. The van der Waals surface area contributed by atoms with Gasteiger partial charge in [-0.1, -0.05) is 0 Å². The fourth-order valence-electron chi connectivity index (χ4n) is 2.44. The number of hydrogen-bond donors (Lipinski definition) is 2. The van der Waals surface area contributed by atoms with Crippen LogP contribution in [0.4, 0.5) is 10.1 Å². The maximum Gasteiger partial charge on any atom is 0.238 e. The summed E-state index contributed by atoms with van der Waals surface area (Å²) in [5, 5.41) is 5.57. The summed E-state index contributed by atoms with van der Waals surface area (Å²) in [6.45, 7) is 1.28. The van der Waals surface area contributed by atoms with Crippen molar-refractivity contribution >= 4 is 11.6 Å². The Labute approximate surface area is 130 Å². The first-order chi connectivity index (χ1) is 10.7. The molecule has 0 atom stereocenters. The standard InChI is InChI=1S/C16H23FN2O3/c1-21-9-8-18-11-16(20)19-12-6-7-15(14(17)10-12)22-13-4-2-3-5-13/h6-7,10,13,18H,2-5,8-9,11H2,1H3,(H,19,20). The highest BCUT2D eigenvalue weighted by atomic mass is 19.1. The third kappa shape index (κ3) is 5.27. The third-order valence-electron chi connectivity index (χ3n) is 3.58. The summed E-state index contributed by atoms with van der Waals surface area (Å²) in [4.78, 5) is 11.7. The predicted molar refractivity (Wildman–Crippen MR) is 82.7 cm³/mol. The minimum absolute atomic E-state index is 0.111. The zero-order chi connectivity index (χ0) is 15.8. The number of rotatable bonds is 8. The lowest BCUT2D eigenvalue weighted by Gasteiger charge is -2.14. The van der Waals surface area contributed by atoms with E-state index in [0.717, 1.165) is 25.7 Å². The molecule has 1 saturated carbocycles. The van der Waals surface area contributed by atoms with Crippen molar-refractivity contribution in [2.24, 2.45) is 0 Å². The van der Waals surface area contributed by atoms with E-state index in [9.17, 15) is 9.18 Å². The Balaban J connectivity index is 1.81. The molecule has 1 aliphatic carbocycles. The van der Waals surface area contributed by atoms with Crippen molar-refractivity contribution < 1.29 is 18.7 Å². The highest BCUT2D eigenvalue weighted by Crippen LogP contribution is 2.27. The molecule has 0 unspecified atom stereocenters. The Morgan fingerprint density at radius 3 is 2.82 bits per heavy atom. The van der Waals surface area contributed by atoms with E-state index in [1.807, 2.05) is 0 Å². The Bertz CT molecular complexity index is 490. The SMILES string of the molecule is COCCNCC(=O)Nc1ccc(OC2CCCC2)c(F)c1. The van der Waals surface area contributed by atoms with Crippen LogP contribution in [-0.2, 0) is 9.53 Å². The minimum atomic E-state index is -0.447. The first-order valence-corrected chi connectivity index (χ1v) is 7.65. The molecule has 0 bridgehead atoms. The molecular formula is C16H23FN2O3. The second-order valence-electron chi connectivity index (χ2n) is 5.39. The van der Waals surface area contributed by atoms with Crippen molar-refractivity contribution in [1.82, 2.24) is 5.32 Å². The molecule has 0 aromatic heterocycles. The average Bonchev–Trinajstić information content (AvgIpc) is 2.99. The number of amides is 1. The Kier molecular flexibility index (Phi) is 6.61. The van der Waals surface area contributed by atoms with Gasteiger partial charge in [0.1, 0.15) is 0 Å². The average molecular weight is 310 g/mol. The molecule has 0 spiro atoms. The molecule has 0 radical (unpaired) electrons. The first kappa shape index (κ1) is 16.7. The van der Waals surface area contributed by atoms with Crippen LogP contribution in [0.25, 0.3) is 0 Å². The van der Waals surface area contributed by atoms with Crippen LogP contribution in [0.3, 0.4) is 0 Å². The molecule has 2 N–H and O–H groups in total. The number of anilines is 1. The van der Waals surface area contributed by atoms with Gasteiger partial charge in [0.2, 0.25) is 5.91 Å². The number of hydrogen-bond acceptors (Lipinski definition) is 4. The summed E-state index contributed by atoms with van der Waals surface area (Å²) < 4.78 is 24.5. The van der Waals surface area contributed by atoms with Crippen LogP contribution in [0.2, 0.25) is 0 Å². The van der Waals surface area contributed by atoms with Crippen LogP contribution in [-0.4, -0.2) is 38.8 Å². The van der Waals surface area contributed by atoms with E-state index in [4.69, 9.17) is 9.47 Å². The number of methoxy groups -OCH3 is 1. The van der Waals surface area contributed by atoms with Crippen molar-refractivity contribution in [2.75, 3.05) is 32.1 Å². The van der Waals surface area contributed by atoms with Gasteiger partial charge >= 0.3 is 0 Å². The second-order valence-corrected chi connectivity index (χ2v) is 5.39. The second kappa shape index (κ2) is 8.70. The summed E-state index contributed by atoms with van der Waals surface area (Å²) >= 11 is 0. The van der Waals surface area contributed by atoms with Crippen LogP contribution in [0, 0.1) is 5.82 Å².